The van der Waals surface area contributed by atoms with Gasteiger partial charge in [0.2, 0.25) is 11.8 Å². The second-order valence-corrected chi connectivity index (χ2v) is 8.62. The molecule has 0 unspecified atom stereocenters. The van der Waals surface area contributed by atoms with Crippen LogP contribution in [0, 0.1) is 5.92 Å². The van der Waals surface area contributed by atoms with Crippen LogP contribution in [0.1, 0.15) is 61.7 Å². The Bertz CT molecular complexity index is 784. The molecule has 2 atom stereocenters. The number of nitrogens with zero attached hydrogens (tertiary/aromatic N) is 1. The number of rotatable bonds is 6. The standard InChI is InChI=1S/C23H31N3O4/c27-21-13-16(15-26(21)17-7-2-1-3-8-17)22(28)25-20-11-5-4-10-19(20)23(29)24-14-18-9-6-12-30-18/h4-5,10-11,16-18H,1-3,6-9,12-15H2,(H,24,29)(H,25,28)/t16-,18+/m0/s1. The topological polar surface area (TPSA) is 87.7 Å². The molecule has 3 fully saturated rings. The predicted molar refractivity (Wildman–Crippen MR) is 113 cm³/mol. The Labute approximate surface area is 177 Å². The SMILES string of the molecule is O=C(NC[C@H]1CCCO1)c1ccccc1NC(=O)[C@H]1CC(=O)N(C2CCCCC2)C1. The molecule has 0 aromatic heterocycles. The molecular weight excluding hydrogens is 382 g/mol. The van der Waals surface area contributed by atoms with Crippen LogP contribution in [-0.2, 0) is 14.3 Å². The highest BCUT2D eigenvalue weighted by Gasteiger charge is 2.38. The molecule has 1 aliphatic carbocycles. The Kier molecular flexibility index (Phi) is 6.67. The molecular formula is C23H31N3O4. The number of hydrogen-bond acceptors (Lipinski definition) is 4. The first-order valence-corrected chi connectivity index (χ1v) is 11.2. The maximum absolute atomic E-state index is 12.9. The number of nitrogens with one attached hydrogen (secondary N) is 2. The molecule has 7 heteroatoms. The fourth-order valence-electron chi connectivity index (χ4n) is 4.78. The van der Waals surface area contributed by atoms with Gasteiger partial charge in [0.1, 0.15) is 0 Å². The third kappa shape index (κ3) is 4.83. The first kappa shape index (κ1) is 20.8. The van der Waals surface area contributed by atoms with Crippen molar-refractivity contribution in [2.75, 3.05) is 25.0 Å². The van der Waals surface area contributed by atoms with Gasteiger partial charge in [-0.3, -0.25) is 14.4 Å². The van der Waals surface area contributed by atoms with E-state index in [1.807, 2.05) is 4.90 Å². The minimum absolute atomic E-state index is 0.0611. The lowest BCUT2D eigenvalue weighted by molar-refractivity contribution is -0.130. The van der Waals surface area contributed by atoms with E-state index in [0.29, 0.717) is 24.3 Å². The predicted octanol–water partition coefficient (Wildman–Crippen LogP) is 2.72. The van der Waals surface area contributed by atoms with Gasteiger partial charge in [-0.05, 0) is 37.8 Å². The molecule has 162 valence electrons. The van der Waals surface area contributed by atoms with Gasteiger partial charge < -0.3 is 20.3 Å². The molecule has 1 aromatic rings. The largest absolute Gasteiger partial charge is 0.376 e. The summed E-state index contributed by atoms with van der Waals surface area (Å²) in [7, 11) is 0. The Hall–Kier alpha value is -2.41. The molecule has 30 heavy (non-hydrogen) atoms. The van der Waals surface area contributed by atoms with E-state index in [4.69, 9.17) is 4.74 Å². The van der Waals surface area contributed by atoms with Crippen LogP contribution in [0.5, 0.6) is 0 Å². The lowest BCUT2D eigenvalue weighted by Gasteiger charge is -2.31. The summed E-state index contributed by atoms with van der Waals surface area (Å²) in [5.74, 6) is -0.721. The van der Waals surface area contributed by atoms with Gasteiger partial charge >= 0.3 is 0 Å². The molecule has 2 saturated heterocycles. The summed E-state index contributed by atoms with van der Waals surface area (Å²) in [6.07, 6.45) is 7.88. The third-order valence-electron chi connectivity index (χ3n) is 6.49. The fourth-order valence-corrected chi connectivity index (χ4v) is 4.78. The summed E-state index contributed by atoms with van der Waals surface area (Å²) < 4.78 is 5.55. The minimum atomic E-state index is -0.373. The van der Waals surface area contributed by atoms with Crippen LogP contribution < -0.4 is 10.6 Å². The van der Waals surface area contributed by atoms with Gasteiger partial charge in [0.25, 0.3) is 5.91 Å². The smallest absolute Gasteiger partial charge is 0.253 e. The zero-order valence-corrected chi connectivity index (χ0v) is 17.4. The van der Waals surface area contributed by atoms with Crippen LogP contribution in [0.4, 0.5) is 5.69 Å². The van der Waals surface area contributed by atoms with Gasteiger partial charge in [0, 0.05) is 32.2 Å². The molecule has 0 bridgehead atoms. The highest BCUT2D eigenvalue weighted by molar-refractivity contribution is 6.05. The van der Waals surface area contributed by atoms with E-state index in [1.165, 1.54) is 6.42 Å². The summed E-state index contributed by atoms with van der Waals surface area (Å²) in [5.41, 5.74) is 0.910. The highest BCUT2D eigenvalue weighted by Crippen LogP contribution is 2.29. The van der Waals surface area contributed by atoms with Gasteiger partial charge in [0.15, 0.2) is 0 Å². The maximum Gasteiger partial charge on any atom is 0.253 e. The van der Waals surface area contributed by atoms with E-state index in [9.17, 15) is 14.4 Å². The molecule has 3 amide bonds. The molecule has 0 spiro atoms. The first-order chi connectivity index (χ1) is 14.6. The summed E-state index contributed by atoms with van der Waals surface area (Å²) in [4.78, 5) is 39.9. The number of benzene rings is 1. The molecule has 2 aliphatic heterocycles. The van der Waals surface area contributed by atoms with Crippen LogP contribution in [0.25, 0.3) is 0 Å². The third-order valence-corrected chi connectivity index (χ3v) is 6.49. The lowest BCUT2D eigenvalue weighted by Crippen LogP contribution is -2.38. The lowest BCUT2D eigenvalue weighted by atomic mass is 9.94. The van der Waals surface area contributed by atoms with Crippen LogP contribution in [0.15, 0.2) is 24.3 Å². The average molecular weight is 414 g/mol. The summed E-state index contributed by atoms with van der Waals surface area (Å²) in [5, 5.41) is 5.80. The van der Waals surface area contributed by atoms with Gasteiger partial charge in [-0.1, -0.05) is 31.4 Å². The molecule has 0 radical (unpaired) electrons. The zero-order valence-electron chi connectivity index (χ0n) is 17.4. The van der Waals surface area contributed by atoms with Crippen molar-refractivity contribution in [3.05, 3.63) is 29.8 Å². The number of para-hydroxylation sites is 1. The van der Waals surface area contributed by atoms with Crippen molar-refractivity contribution in [2.24, 2.45) is 5.92 Å². The van der Waals surface area contributed by atoms with Gasteiger partial charge in [-0.15, -0.1) is 0 Å². The van der Waals surface area contributed by atoms with Gasteiger partial charge in [0.05, 0.1) is 23.3 Å². The van der Waals surface area contributed by atoms with Gasteiger partial charge in [-0.2, -0.15) is 0 Å². The van der Waals surface area contributed by atoms with Crippen LogP contribution in [0.2, 0.25) is 0 Å². The second kappa shape index (κ2) is 9.60. The van der Waals surface area contributed by atoms with Crippen molar-refractivity contribution in [2.45, 2.75) is 63.5 Å². The Balaban J connectivity index is 1.36. The van der Waals surface area contributed by atoms with E-state index in [-0.39, 0.29) is 42.2 Å². The molecule has 7 nitrogen and oxygen atoms in total. The van der Waals surface area contributed by atoms with Gasteiger partial charge in [-0.25, -0.2) is 0 Å². The van der Waals surface area contributed by atoms with Crippen molar-refractivity contribution in [1.82, 2.24) is 10.2 Å². The number of likely N-dealkylation sites (tertiary alicyclic amines) is 1. The molecule has 1 saturated carbocycles. The number of anilines is 1. The Morgan fingerprint density at radius 2 is 1.87 bits per heavy atom. The number of hydrogen-bond donors (Lipinski definition) is 2. The Morgan fingerprint density at radius 3 is 2.63 bits per heavy atom. The quantitative estimate of drug-likeness (QED) is 0.751. The summed E-state index contributed by atoms with van der Waals surface area (Å²) >= 11 is 0. The first-order valence-electron chi connectivity index (χ1n) is 11.2. The van der Waals surface area contributed by atoms with Crippen LogP contribution in [0.3, 0.4) is 0 Å². The average Bonchev–Trinajstić information content (AvgIpc) is 3.43. The van der Waals surface area contributed by atoms with Crippen LogP contribution in [-0.4, -0.2) is 54.5 Å². The maximum atomic E-state index is 12.9. The number of carbonyl (C=O) groups is 3. The molecule has 4 rings (SSSR count). The molecule has 3 aliphatic rings. The summed E-state index contributed by atoms with van der Waals surface area (Å²) in [6.45, 7) is 1.68. The highest BCUT2D eigenvalue weighted by atomic mass is 16.5. The second-order valence-electron chi connectivity index (χ2n) is 8.62. The van der Waals surface area contributed by atoms with Crippen molar-refractivity contribution < 1.29 is 19.1 Å². The normalized spacial score (nSPS) is 24.8. The molecule has 2 heterocycles. The fraction of sp³-hybridized carbons (Fsp3) is 0.609. The Morgan fingerprint density at radius 1 is 1.07 bits per heavy atom. The summed E-state index contributed by atoms with van der Waals surface area (Å²) in [6, 6.07) is 7.28. The number of carbonyl (C=O) groups excluding carboxylic acids is 3. The molecule has 2 N–H and O–H groups in total. The van der Waals surface area contributed by atoms with Crippen molar-refractivity contribution in [1.29, 1.82) is 0 Å². The van der Waals surface area contributed by atoms with E-state index in [0.717, 1.165) is 45.1 Å². The zero-order chi connectivity index (χ0) is 20.9. The van der Waals surface area contributed by atoms with Crippen molar-refractivity contribution >= 4 is 23.4 Å². The van der Waals surface area contributed by atoms with E-state index >= 15 is 0 Å². The van der Waals surface area contributed by atoms with Crippen molar-refractivity contribution in [3.8, 4) is 0 Å². The van der Waals surface area contributed by atoms with Crippen LogP contribution >= 0.6 is 0 Å². The number of ether oxygens (including phenoxy) is 1. The molecule has 1 aromatic carbocycles. The van der Waals surface area contributed by atoms with E-state index < -0.39 is 0 Å². The van der Waals surface area contributed by atoms with Crippen molar-refractivity contribution in [3.63, 3.8) is 0 Å². The minimum Gasteiger partial charge on any atom is -0.376 e. The van der Waals surface area contributed by atoms with E-state index in [1.54, 1.807) is 24.3 Å². The monoisotopic (exact) mass is 413 g/mol. The van der Waals surface area contributed by atoms with E-state index in [2.05, 4.69) is 10.6 Å². The number of amides is 3.